The summed E-state index contributed by atoms with van der Waals surface area (Å²) in [5, 5.41) is 17.1. The van der Waals surface area contributed by atoms with Crippen molar-refractivity contribution in [1.29, 1.82) is 0 Å². The van der Waals surface area contributed by atoms with Crippen LogP contribution < -0.4 is 10.6 Å². The van der Waals surface area contributed by atoms with Gasteiger partial charge in [0.25, 0.3) is 5.91 Å². The van der Waals surface area contributed by atoms with E-state index in [1.54, 1.807) is 0 Å². The van der Waals surface area contributed by atoms with E-state index in [1.165, 1.54) is 30.4 Å². The number of aryl methyl sites for hydroxylation is 2. The number of ether oxygens (including phenoxy) is 1. The number of rotatable bonds is 8. The van der Waals surface area contributed by atoms with Gasteiger partial charge in [0.15, 0.2) is 17.5 Å². The highest BCUT2D eigenvalue weighted by atomic mass is 19.1. The number of anilines is 2. The van der Waals surface area contributed by atoms with Crippen molar-refractivity contribution in [3.05, 3.63) is 65.6 Å². The Morgan fingerprint density at radius 2 is 2.00 bits per heavy atom. The van der Waals surface area contributed by atoms with E-state index < -0.39 is 17.5 Å². The number of carbonyl (C=O) groups excluding carboxylic acids is 1. The van der Waals surface area contributed by atoms with Crippen LogP contribution in [0.25, 0.3) is 5.82 Å². The van der Waals surface area contributed by atoms with Gasteiger partial charge in [-0.05, 0) is 33.6 Å². The summed E-state index contributed by atoms with van der Waals surface area (Å²) in [6.07, 6.45) is 6.19. The predicted octanol–water partition coefficient (Wildman–Crippen LogP) is 2.81. The molecule has 4 aromatic rings. The smallest absolute Gasteiger partial charge is 0.252 e. The van der Waals surface area contributed by atoms with E-state index >= 15 is 0 Å². The number of amides is 1. The van der Waals surface area contributed by atoms with Gasteiger partial charge >= 0.3 is 0 Å². The van der Waals surface area contributed by atoms with E-state index in [0.29, 0.717) is 41.8 Å². The lowest BCUT2D eigenvalue weighted by atomic mass is 9.69. The molecule has 1 saturated carbocycles. The Kier molecular flexibility index (Phi) is 6.38. The maximum atomic E-state index is 13.2. The number of H-pyrrole nitrogens is 1. The molecule has 0 aliphatic heterocycles. The van der Waals surface area contributed by atoms with Crippen LogP contribution in [-0.2, 0) is 9.53 Å². The van der Waals surface area contributed by atoms with Crippen molar-refractivity contribution in [3.8, 4) is 5.82 Å². The molecule has 1 fully saturated rings. The number of nitrogens with zero attached hydrogens (tertiary/aromatic N) is 7. The molecule has 0 spiro atoms. The number of hydrogen-bond donors (Lipinski definition) is 3. The highest BCUT2D eigenvalue weighted by molar-refractivity contribution is 5.87. The fourth-order valence-corrected chi connectivity index (χ4v) is 4.32. The summed E-state index contributed by atoms with van der Waals surface area (Å²) in [5.41, 5.74) is 1.32. The molecule has 37 heavy (non-hydrogen) atoms. The van der Waals surface area contributed by atoms with Gasteiger partial charge in [-0.1, -0.05) is 0 Å². The highest BCUT2D eigenvalue weighted by Crippen LogP contribution is 2.46. The molecule has 3 N–H and O–H groups in total. The Bertz CT molecular complexity index is 1410. The third-order valence-corrected chi connectivity index (χ3v) is 6.39. The average molecular weight is 507 g/mol. The first-order chi connectivity index (χ1) is 17.7. The summed E-state index contributed by atoms with van der Waals surface area (Å²) >= 11 is 0. The maximum absolute atomic E-state index is 13.2. The number of halogens is 1. The second-order valence-corrected chi connectivity index (χ2v) is 9.22. The van der Waals surface area contributed by atoms with Crippen molar-refractivity contribution in [2.45, 2.75) is 51.2 Å². The van der Waals surface area contributed by atoms with Crippen LogP contribution in [0.2, 0.25) is 0 Å². The second kappa shape index (κ2) is 9.65. The molecular formula is C24H27FN10O2. The fourth-order valence-electron chi connectivity index (χ4n) is 4.32. The van der Waals surface area contributed by atoms with Crippen LogP contribution in [0.3, 0.4) is 0 Å². The lowest BCUT2D eigenvalue weighted by molar-refractivity contribution is -0.158. The van der Waals surface area contributed by atoms with E-state index in [-0.39, 0.29) is 11.8 Å². The molecule has 4 aromatic heterocycles. The molecule has 1 aliphatic carbocycles. The monoisotopic (exact) mass is 506 g/mol. The molecule has 5 rings (SSSR count). The summed E-state index contributed by atoms with van der Waals surface area (Å²) in [4.78, 5) is 31.1. The topological polar surface area (TPSA) is 148 Å². The van der Waals surface area contributed by atoms with Crippen molar-refractivity contribution in [1.82, 2.24) is 45.2 Å². The molecule has 4 heterocycles. The molecule has 0 aromatic carbocycles. The Balaban J connectivity index is 1.23. The lowest BCUT2D eigenvalue weighted by Crippen LogP contribution is -2.56. The van der Waals surface area contributed by atoms with E-state index in [0.717, 1.165) is 17.6 Å². The van der Waals surface area contributed by atoms with Gasteiger partial charge in [-0.2, -0.15) is 10.2 Å². The van der Waals surface area contributed by atoms with Crippen molar-refractivity contribution in [2.24, 2.45) is 0 Å². The molecule has 1 amide bonds. The molecule has 1 atom stereocenters. The zero-order chi connectivity index (χ0) is 26.2. The SMILES string of the molecule is CO[C@]1(C(=O)N[C@@H](C)c2cnc(-n3cc(F)cn3)cn2)C[C@H](c2nc(C)cc(Nc3cc(C)[nH]n3)n2)C1. The molecule has 0 radical (unpaired) electrons. The van der Waals surface area contributed by atoms with Crippen molar-refractivity contribution < 1.29 is 13.9 Å². The minimum Gasteiger partial charge on any atom is -0.368 e. The molecule has 0 saturated heterocycles. The number of aromatic nitrogens is 8. The Morgan fingerprint density at radius 3 is 2.62 bits per heavy atom. The standard InChI is InChI=1S/C24H27FN10O2/c1-13-5-19(31-20-6-14(2)33-34-20)32-22(29-13)16-7-24(8-16,37-4)23(36)30-15(3)18-10-27-21(11-26-18)35-12-17(25)9-28-35/h5-6,9-12,15-16H,7-8H2,1-4H3,(H,30,36)(H2,29,31,32,33,34)/t15-,16-,24+/m0/s1. The predicted molar refractivity (Wildman–Crippen MR) is 131 cm³/mol. The second-order valence-electron chi connectivity index (χ2n) is 9.22. The van der Waals surface area contributed by atoms with Crippen LogP contribution in [0.15, 0.2) is 36.9 Å². The van der Waals surface area contributed by atoms with E-state index in [4.69, 9.17) is 4.74 Å². The molecule has 0 bridgehead atoms. The van der Waals surface area contributed by atoms with Gasteiger partial charge in [0.2, 0.25) is 0 Å². The van der Waals surface area contributed by atoms with Crippen molar-refractivity contribution >= 4 is 17.5 Å². The highest BCUT2D eigenvalue weighted by Gasteiger charge is 2.52. The van der Waals surface area contributed by atoms with Gasteiger partial charge in [0.05, 0.1) is 36.5 Å². The van der Waals surface area contributed by atoms with Crippen molar-refractivity contribution in [3.63, 3.8) is 0 Å². The molecule has 13 heteroatoms. The maximum Gasteiger partial charge on any atom is 0.252 e. The van der Waals surface area contributed by atoms with E-state index in [2.05, 4.69) is 45.9 Å². The zero-order valence-corrected chi connectivity index (χ0v) is 20.9. The minimum absolute atomic E-state index is 0.0316. The van der Waals surface area contributed by atoms with Crippen LogP contribution >= 0.6 is 0 Å². The molecular weight excluding hydrogens is 479 g/mol. The van der Waals surface area contributed by atoms with Crippen LogP contribution in [-0.4, -0.2) is 58.5 Å². The number of carbonyl (C=O) groups is 1. The normalized spacial score (nSPS) is 19.8. The average Bonchev–Trinajstić information content (AvgIpc) is 3.46. The van der Waals surface area contributed by atoms with Crippen molar-refractivity contribution in [2.75, 3.05) is 12.4 Å². The first kappa shape index (κ1) is 24.4. The number of methoxy groups -OCH3 is 1. The molecule has 192 valence electrons. The van der Waals surface area contributed by atoms with Gasteiger partial charge in [0.1, 0.15) is 17.2 Å². The fraction of sp³-hybridized carbons (Fsp3) is 0.375. The Labute approximate surface area is 212 Å². The Morgan fingerprint density at radius 1 is 1.19 bits per heavy atom. The largest absolute Gasteiger partial charge is 0.368 e. The third-order valence-electron chi connectivity index (χ3n) is 6.39. The summed E-state index contributed by atoms with van der Waals surface area (Å²) in [5.74, 6) is 1.60. The summed E-state index contributed by atoms with van der Waals surface area (Å²) in [6.45, 7) is 5.63. The summed E-state index contributed by atoms with van der Waals surface area (Å²) < 4.78 is 20.2. The van der Waals surface area contributed by atoms with Gasteiger partial charge in [-0.3, -0.25) is 14.9 Å². The van der Waals surface area contributed by atoms with E-state index in [9.17, 15) is 9.18 Å². The van der Waals surface area contributed by atoms with Gasteiger partial charge in [-0.25, -0.2) is 24.0 Å². The van der Waals surface area contributed by atoms with Crippen LogP contribution in [0.1, 0.15) is 54.6 Å². The van der Waals surface area contributed by atoms with Gasteiger partial charge in [0, 0.05) is 36.5 Å². The molecule has 12 nitrogen and oxygen atoms in total. The van der Waals surface area contributed by atoms with Crippen LogP contribution in [0.5, 0.6) is 0 Å². The molecule has 1 aliphatic rings. The van der Waals surface area contributed by atoms with E-state index in [1.807, 2.05) is 32.9 Å². The third kappa shape index (κ3) is 5.03. The zero-order valence-electron chi connectivity index (χ0n) is 20.9. The van der Waals surface area contributed by atoms with Crippen LogP contribution in [0, 0.1) is 19.7 Å². The lowest BCUT2D eigenvalue weighted by Gasteiger charge is -2.44. The summed E-state index contributed by atoms with van der Waals surface area (Å²) in [7, 11) is 1.53. The number of hydrogen-bond acceptors (Lipinski definition) is 9. The first-order valence-electron chi connectivity index (χ1n) is 11.8. The quantitative estimate of drug-likeness (QED) is 0.328. The van der Waals surface area contributed by atoms with Gasteiger partial charge < -0.3 is 15.4 Å². The minimum atomic E-state index is -0.987. The number of aromatic amines is 1. The van der Waals surface area contributed by atoms with Crippen LogP contribution in [0.4, 0.5) is 16.0 Å². The van der Waals surface area contributed by atoms with Gasteiger partial charge in [-0.15, -0.1) is 0 Å². The summed E-state index contributed by atoms with van der Waals surface area (Å²) in [6, 6.07) is 3.31. The first-order valence-corrected chi connectivity index (χ1v) is 11.8. The molecule has 0 unspecified atom stereocenters. The number of nitrogens with one attached hydrogen (secondary N) is 3. The Hall–Kier alpha value is -4.26.